The van der Waals surface area contributed by atoms with Gasteiger partial charge in [-0.2, -0.15) is 0 Å². The third-order valence-electron chi connectivity index (χ3n) is 5.90. The molecule has 0 aromatic carbocycles. The van der Waals surface area contributed by atoms with Crippen LogP contribution in [0.1, 0.15) is 63.1 Å². The van der Waals surface area contributed by atoms with Crippen LogP contribution in [0.15, 0.2) is 14.5 Å². The summed E-state index contributed by atoms with van der Waals surface area (Å²) in [5, 5.41) is 15.1. The molecule has 0 atom stereocenters. The zero-order chi connectivity index (χ0) is 22.1. The zero-order valence-corrected chi connectivity index (χ0v) is 17.3. The molecule has 1 aromatic heterocycles. The van der Waals surface area contributed by atoms with Crippen molar-refractivity contribution in [1.29, 1.82) is 0 Å². The predicted molar refractivity (Wildman–Crippen MR) is 105 cm³/mol. The number of aromatic nitrogens is 2. The molecule has 0 amide bonds. The van der Waals surface area contributed by atoms with Gasteiger partial charge >= 0.3 is 17.7 Å². The highest BCUT2D eigenvalue weighted by molar-refractivity contribution is 5.82. The molecule has 11 heteroatoms. The standard InChI is InChI=1S/C10H14N2O4.C9H16N2O3/c1-15-9(13)7-4-2-6(3-5-7)8-11-10(14)16-12-8;1-14-9(12)7-4-2-6(3-5-7)8(10)11-13/h6-7H,2-5H2,1H3,(H,11,12,14);6-7,13H,2-5H2,1H3,(H2,10,11). The molecule has 1 heterocycles. The molecule has 2 saturated carbocycles. The Kier molecular flexibility index (Phi) is 8.88. The zero-order valence-electron chi connectivity index (χ0n) is 17.3. The van der Waals surface area contributed by atoms with Crippen LogP contribution in [-0.2, 0) is 19.1 Å². The van der Waals surface area contributed by atoms with Gasteiger partial charge in [0, 0.05) is 11.8 Å². The largest absolute Gasteiger partial charge is 0.469 e. The Morgan fingerprint density at radius 2 is 1.47 bits per heavy atom. The van der Waals surface area contributed by atoms with Gasteiger partial charge in [-0.3, -0.25) is 19.1 Å². The van der Waals surface area contributed by atoms with Gasteiger partial charge in [0.15, 0.2) is 5.82 Å². The van der Waals surface area contributed by atoms with E-state index in [-0.39, 0.29) is 41.4 Å². The summed E-state index contributed by atoms with van der Waals surface area (Å²) in [4.78, 5) is 35.8. The number of oxime groups is 1. The highest BCUT2D eigenvalue weighted by Gasteiger charge is 2.30. The van der Waals surface area contributed by atoms with E-state index in [1.807, 2.05) is 0 Å². The summed E-state index contributed by atoms with van der Waals surface area (Å²) in [6.07, 6.45) is 6.27. The number of methoxy groups -OCH3 is 2. The van der Waals surface area contributed by atoms with Gasteiger partial charge in [-0.05, 0) is 51.4 Å². The van der Waals surface area contributed by atoms with Gasteiger partial charge in [0.25, 0.3) is 0 Å². The fourth-order valence-corrected chi connectivity index (χ4v) is 4.06. The number of nitrogens with two attached hydrogens (primary N) is 1. The number of ether oxygens (including phenoxy) is 2. The number of nitrogens with one attached hydrogen (secondary N) is 1. The first kappa shape index (κ1) is 23.4. The van der Waals surface area contributed by atoms with E-state index in [2.05, 4.69) is 24.6 Å². The lowest BCUT2D eigenvalue weighted by Crippen LogP contribution is -2.30. The van der Waals surface area contributed by atoms with Crippen LogP contribution < -0.4 is 11.5 Å². The number of H-pyrrole nitrogens is 1. The van der Waals surface area contributed by atoms with Crippen LogP contribution in [-0.4, -0.2) is 47.3 Å². The Labute approximate surface area is 174 Å². The molecular weight excluding hydrogens is 396 g/mol. The summed E-state index contributed by atoms with van der Waals surface area (Å²) >= 11 is 0. The second-order valence-corrected chi connectivity index (χ2v) is 7.65. The van der Waals surface area contributed by atoms with Gasteiger partial charge in [-0.25, -0.2) is 4.79 Å². The molecule has 2 aliphatic carbocycles. The summed E-state index contributed by atoms with van der Waals surface area (Å²) in [5.74, 6) is 0.317. The van der Waals surface area contributed by atoms with E-state index in [0.717, 1.165) is 51.4 Å². The van der Waals surface area contributed by atoms with Crippen molar-refractivity contribution in [1.82, 2.24) is 10.1 Å². The summed E-state index contributed by atoms with van der Waals surface area (Å²) in [5.41, 5.74) is 5.49. The van der Waals surface area contributed by atoms with Crippen LogP contribution in [0, 0.1) is 17.8 Å². The Balaban J connectivity index is 0.000000216. The summed E-state index contributed by atoms with van der Waals surface area (Å²) in [6, 6.07) is 0. The summed E-state index contributed by atoms with van der Waals surface area (Å²) in [6.45, 7) is 0. The lowest BCUT2D eigenvalue weighted by molar-refractivity contribution is -0.147. The van der Waals surface area contributed by atoms with Crippen LogP contribution >= 0.6 is 0 Å². The molecule has 0 saturated heterocycles. The number of hydrogen-bond acceptors (Lipinski definition) is 9. The van der Waals surface area contributed by atoms with Crippen LogP contribution in [0.5, 0.6) is 0 Å². The van der Waals surface area contributed by atoms with E-state index >= 15 is 0 Å². The third kappa shape index (κ3) is 6.33. The molecule has 2 fully saturated rings. The quantitative estimate of drug-likeness (QED) is 0.212. The fourth-order valence-electron chi connectivity index (χ4n) is 4.06. The second-order valence-electron chi connectivity index (χ2n) is 7.65. The van der Waals surface area contributed by atoms with Gasteiger partial charge in [0.05, 0.1) is 26.1 Å². The van der Waals surface area contributed by atoms with Gasteiger partial charge in [-0.1, -0.05) is 10.3 Å². The second kappa shape index (κ2) is 11.4. The lowest BCUT2D eigenvalue weighted by Gasteiger charge is -2.25. The maximum Gasteiger partial charge on any atom is 0.438 e. The van der Waals surface area contributed by atoms with Crippen molar-refractivity contribution >= 4 is 17.8 Å². The molecule has 0 bridgehead atoms. The topological polar surface area (TPSA) is 170 Å². The van der Waals surface area contributed by atoms with Crippen molar-refractivity contribution in [3.8, 4) is 0 Å². The molecule has 4 N–H and O–H groups in total. The Morgan fingerprint density at radius 3 is 1.87 bits per heavy atom. The number of carbonyl (C=O) groups is 2. The number of amidine groups is 1. The summed E-state index contributed by atoms with van der Waals surface area (Å²) in [7, 11) is 2.81. The third-order valence-corrected chi connectivity index (χ3v) is 5.90. The normalized spacial score (nSPS) is 26.8. The summed E-state index contributed by atoms with van der Waals surface area (Å²) < 4.78 is 13.8. The molecule has 0 unspecified atom stereocenters. The molecular formula is C19H30N4O7. The van der Waals surface area contributed by atoms with Crippen molar-refractivity contribution in [3.05, 3.63) is 16.4 Å². The highest BCUT2D eigenvalue weighted by Crippen LogP contribution is 2.34. The first-order valence-corrected chi connectivity index (χ1v) is 10.1. The van der Waals surface area contributed by atoms with Crippen molar-refractivity contribution in [2.24, 2.45) is 28.6 Å². The van der Waals surface area contributed by atoms with Crippen LogP contribution in [0.25, 0.3) is 0 Å². The molecule has 30 heavy (non-hydrogen) atoms. The van der Waals surface area contributed by atoms with E-state index in [4.69, 9.17) is 15.7 Å². The van der Waals surface area contributed by atoms with Gasteiger partial charge in [-0.15, -0.1) is 0 Å². The van der Waals surface area contributed by atoms with Crippen molar-refractivity contribution in [2.45, 2.75) is 57.3 Å². The van der Waals surface area contributed by atoms with Crippen LogP contribution in [0.2, 0.25) is 0 Å². The van der Waals surface area contributed by atoms with Crippen LogP contribution in [0.4, 0.5) is 0 Å². The number of nitrogens with zero attached hydrogens (tertiary/aromatic N) is 2. The smallest absolute Gasteiger partial charge is 0.438 e. The van der Waals surface area contributed by atoms with Crippen molar-refractivity contribution in [2.75, 3.05) is 14.2 Å². The fraction of sp³-hybridized carbons (Fsp3) is 0.737. The Hall–Kier alpha value is -2.85. The molecule has 3 rings (SSSR count). The lowest BCUT2D eigenvalue weighted by atomic mass is 9.81. The number of carbonyl (C=O) groups excluding carboxylic acids is 2. The number of aromatic amines is 1. The van der Waals surface area contributed by atoms with Crippen molar-refractivity contribution < 1.29 is 28.8 Å². The minimum absolute atomic E-state index is 0.0113. The van der Waals surface area contributed by atoms with Crippen LogP contribution in [0.3, 0.4) is 0 Å². The van der Waals surface area contributed by atoms with E-state index in [1.54, 1.807) is 0 Å². The van der Waals surface area contributed by atoms with Crippen molar-refractivity contribution in [3.63, 3.8) is 0 Å². The first-order chi connectivity index (χ1) is 14.4. The minimum atomic E-state index is -0.523. The molecule has 2 aliphatic rings. The molecule has 0 radical (unpaired) electrons. The molecule has 0 aliphatic heterocycles. The Morgan fingerprint density at radius 1 is 1.00 bits per heavy atom. The average Bonchev–Trinajstić information content (AvgIpc) is 3.24. The maximum absolute atomic E-state index is 11.3. The van der Waals surface area contributed by atoms with Gasteiger partial charge in [0.2, 0.25) is 0 Å². The first-order valence-electron chi connectivity index (χ1n) is 10.1. The molecule has 11 nitrogen and oxygen atoms in total. The van der Waals surface area contributed by atoms with Gasteiger partial charge < -0.3 is 20.4 Å². The number of rotatable bonds is 4. The molecule has 0 spiro atoms. The number of hydrogen-bond donors (Lipinski definition) is 3. The molecule has 1 aromatic rings. The van der Waals surface area contributed by atoms with E-state index < -0.39 is 5.76 Å². The van der Waals surface area contributed by atoms with E-state index in [9.17, 15) is 14.4 Å². The van der Waals surface area contributed by atoms with Gasteiger partial charge in [0.1, 0.15) is 5.84 Å². The maximum atomic E-state index is 11.3. The highest BCUT2D eigenvalue weighted by atomic mass is 16.5. The van der Waals surface area contributed by atoms with E-state index in [0.29, 0.717) is 5.82 Å². The minimum Gasteiger partial charge on any atom is -0.469 e. The Bertz CT molecular complexity index is 772. The number of esters is 2. The molecule has 168 valence electrons. The predicted octanol–water partition coefficient (Wildman–Crippen LogP) is 1.52. The van der Waals surface area contributed by atoms with E-state index in [1.165, 1.54) is 14.2 Å². The monoisotopic (exact) mass is 426 g/mol. The average molecular weight is 426 g/mol. The SMILES string of the molecule is COC(=O)C1CCC(C(N)=NO)CC1.COC(=O)C1CCC(c2noc(=O)[nH]2)CC1.